The minimum absolute atomic E-state index is 0.241. The molecule has 0 aliphatic rings. The molecule has 0 atom stereocenters. The van der Waals surface area contributed by atoms with E-state index >= 15 is 0 Å². The molecule has 5 nitrogen and oxygen atoms in total. The van der Waals surface area contributed by atoms with Crippen molar-refractivity contribution in [2.75, 3.05) is 24.3 Å². The molecule has 6 heteroatoms. The smallest absolute Gasteiger partial charge is 0.360 e. The summed E-state index contributed by atoms with van der Waals surface area (Å²) in [6, 6.07) is 0. The lowest BCUT2D eigenvalue weighted by molar-refractivity contribution is 0.0521. The number of hydrogen-bond acceptors (Lipinski definition) is 5. The van der Waals surface area contributed by atoms with Gasteiger partial charge in [-0.05, 0) is 13.2 Å². The zero-order chi connectivity index (χ0) is 12.8. The predicted octanol–water partition coefficient (Wildman–Crippen LogP) is 1.57. The van der Waals surface area contributed by atoms with Crippen LogP contribution in [0.3, 0.4) is 0 Å². The minimum atomic E-state index is -0.442. The number of carbonyl (C=O) groups excluding carboxylic acids is 1. The molecule has 0 aliphatic carbocycles. The van der Waals surface area contributed by atoms with E-state index < -0.39 is 5.97 Å². The first kappa shape index (κ1) is 13.9. The Morgan fingerprint density at radius 2 is 2.24 bits per heavy atom. The van der Waals surface area contributed by atoms with E-state index in [1.54, 1.807) is 18.7 Å². The molecule has 96 valence electrons. The average molecular weight is 257 g/mol. The Kier molecular flexibility index (Phi) is 5.34. The molecule has 0 aliphatic heterocycles. The molecule has 1 heterocycles. The van der Waals surface area contributed by atoms with Crippen molar-refractivity contribution in [2.24, 2.45) is 0 Å². The normalized spacial score (nSPS) is 10.5. The Morgan fingerprint density at radius 3 is 2.76 bits per heavy atom. The maximum atomic E-state index is 11.6. The fraction of sp³-hybridized carbons (Fsp3) is 0.636. The molecular formula is C11H19N3O2S. The van der Waals surface area contributed by atoms with E-state index in [1.165, 1.54) is 0 Å². The largest absolute Gasteiger partial charge is 0.461 e. The molecule has 0 spiro atoms. The number of ether oxygens (including phenoxy) is 1. The Labute approximate surface area is 106 Å². The Balaban J connectivity index is 3.00. The number of anilines is 1. The third-order valence-corrected chi connectivity index (χ3v) is 2.98. The van der Waals surface area contributed by atoms with Crippen molar-refractivity contribution in [2.45, 2.75) is 26.8 Å². The van der Waals surface area contributed by atoms with E-state index in [0.29, 0.717) is 12.4 Å². The molecule has 0 fully saturated rings. The first-order chi connectivity index (χ1) is 8.15. The van der Waals surface area contributed by atoms with Crippen LogP contribution in [0.15, 0.2) is 0 Å². The van der Waals surface area contributed by atoms with Crippen molar-refractivity contribution in [3.8, 4) is 0 Å². The Morgan fingerprint density at radius 1 is 1.53 bits per heavy atom. The van der Waals surface area contributed by atoms with Crippen molar-refractivity contribution < 1.29 is 9.53 Å². The number of aryl methyl sites for hydroxylation is 1. The van der Waals surface area contributed by atoms with Crippen LogP contribution < -0.4 is 5.73 Å². The summed E-state index contributed by atoms with van der Waals surface area (Å²) in [5, 5.41) is 0. The Hall–Kier alpha value is -1.17. The molecule has 0 aromatic carbocycles. The topological polar surface area (TPSA) is 70.1 Å². The average Bonchev–Trinajstić information content (AvgIpc) is 2.64. The van der Waals surface area contributed by atoms with Crippen LogP contribution in [-0.2, 0) is 17.7 Å². The van der Waals surface area contributed by atoms with Gasteiger partial charge in [0.15, 0.2) is 5.69 Å². The van der Waals surface area contributed by atoms with Crippen LogP contribution >= 0.6 is 11.8 Å². The molecule has 0 saturated heterocycles. The van der Waals surface area contributed by atoms with Gasteiger partial charge in [-0.15, -0.1) is 0 Å². The number of aromatic nitrogens is 2. The van der Waals surface area contributed by atoms with Crippen molar-refractivity contribution in [1.29, 1.82) is 0 Å². The zero-order valence-corrected chi connectivity index (χ0v) is 11.3. The van der Waals surface area contributed by atoms with Crippen molar-refractivity contribution >= 4 is 23.5 Å². The van der Waals surface area contributed by atoms with E-state index in [2.05, 4.69) is 4.98 Å². The van der Waals surface area contributed by atoms with Gasteiger partial charge in [-0.25, -0.2) is 9.78 Å². The van der Waals surface area contributed by atoms with E-state index in [0.717, 1.165) is 24.5 Å². The summed E-state index contributed by atoms with van der Waals surface area (Å²) >= 11 is 1.73. The van der Waals surface area contributed by atoms with Crippen molar-refractivity contribution in [3.05, 3.63) is 11.5 Å². The number of nitrogens with two attached hydrogens (primary N) is 1. The van der Waals surface area contributed by atoms with Crippen LogP contribution in [0.4, 0.5) is 5.82 Å². The zero-order valence-electron chi connectivity index (χ0n) is 10.5. The molecule has 0 unspecified atom stereocenters. The summed E-state index contributed by atoms with van der Waals surface area (Å²) in [6.45, 7) is 4.85. The monoisotopic (exact) mass is 257 g/mol. The standard InChI is InChI=1S/C11H19N3O2S/c1-4-8-13-9(11(15)16-5-2)10(12)14(8)6-7-17-3/h4-7,12H2,1-3H3. The summed E-state index contributed by atoms with van der Waals surface area (Å²) < 4.78 is 6.82. The summed E-state index contributed by atoms with van der Waals surface area (Å²) in [4.78, 5) is 15.9. The third-order valence-electron chi connectivity index (χ3n) is 2.39. The van der Waals surface area contributed by atoms with Gasteiger partial charge in [-0.1, -0.05) is 6.92 Å². The van der Waals surface area contributed by atoms with Crippen molar-refractivity contribution in [1.82, 2.24) is 9.55 Å². The van der Waals surface area contributed by atoms with Gasteiger partial charge >= 0.3 is 5.97 Å². The summed E-state index contributed by atoms with van der Waals surface area (Å²) in [5.74, 6) is 1.74. The number of rotatable bonds is 6. The molecular weight excluding hydrogens is 238 g/mol. The van der Waals surface area contributed by atoms with Crippen LogP contribution in [0, 0.1) is 0 Å². The van der Waals surface area contributed by atoms with E-state index in [-0.39, 0.29) is 5.69 Å². The van der Waals surface area contributed by atoms with Crippen LogP contribution in [-0.4, -0.2) is 34.1 Å². The number of esters is 1. The van der Waals surface area contributed by atoms with Crippen LogP contribution in [0.25, 0.3) is 0 Å². The number of hydrogen-bond donors (Lipinski definition) is 1. The molecule has 0 saturated carbocycles. The highest BCUT2D eigenvalue weighted by atomic mass is 32.2. The fourth-order valence-corrected chi connectivity index (χ4v) is 1.93. The van der Waals surface area contributed by atoms with Gasteiger partial charge in [0.05, 0.1) is 6.61 Å². The van der Waals surface area contributed by atoms with Crippen LogP contribution in [0.2, 0.25) is 0 Å². The number of nitrogens with zero attached hydrogens (tertiary/aromatic N) is 2. The highest BCUT2D eigenvalue weighted by Gasteiger charge is 2.20. The summed E-state index contributed by atoms with van der Waals surface area (Å²) in [7, 11) is 0. The molecule has 2 N–H and O–H groups in total. The van der Waals surface area contributed by atoms with Crippen LogP contribution in [0.1, 0.15) is 30.2 Å². The molecule has 1 rings (SSSR count). The minimum Gasteiger partial charge on any atom is -0.461 e. The lowest BCUT2D eigenvalue weighted by atomic mass is 10.4. The number of carbonyl (C=O) groups is 1. The van der Waals surface area contributed by atoms with Gasteiger partial charge < -0.3 is 15.0 Å². The predicted molar refractivity (Wildman–Crippen MR) is 70.4 cm³/mol. The Bertz CT molecular complexity index is 390. The second-order valence-corrected chi connectivity index (χ2v) is 4.47. The van der Waals surface area contributed by atoms with E-state index in [9.17, 15) is 4.79 Å². The molecule has 1 aromatic rings. The van der Waals surface area contributed by atoms with Gasteiger partial charge in [0.2, 0.25) is 0 Å². The number of imidazole rings is 1. The first-order valence-corrected chi connectivity index (χ1v) is 7.05. The van der Waals surface area contributed by atoms with Gasteiger partial charge in [0, 0.05) is 18.7 Å². The fourth-order valence-electron chi connectivity index (χ4n) is 1.57. The van der Waals surface area contributed by atoms with Gasteiger partial charge in [-0.3, -0.25) is 0 Å². The molecule has 17 heavy (non-hydrogen) atoms. The maximum Gasteiger partial charge on any atom is 0.360 e. The second-order valence-electron chi connectivity index (χ2n) is 3.48. The maximum absolute atomic E-state index is 11.6. The van der Waals surface area contributed by atoms with Gasteiger partial charge in [-0.2, -0.15) is 11.8 Å². The van der Waals surface area contributed by atoms with E-state index in [1.807, 2.05) is 17.7 Å². The first-order valence-electron chi connectivity index (χ1n) is 5.66. The molecule has 0 radical (unpaired) electrons. The van der Waals surface area contributed by atoms with Gasteiger partial charge in [0.1, 0.15) is 11.6 Å². The summed E-state index contributed by atoms with van der Waals surface area (Å²) in [6.07, 6.45) is 2.78. The third kappa shape index (κ3) is 3.15. The molecule has 0 bridgehead atoms. The molecule has 0 amide bonds. The van der Waals surface area contributed by atoms with Crippen LogP contribution in [0.5, 0.6) is 0 Å². The second kappa shape index (κ2) is 6.54. The lowest BCUT2D eigenvalue weighted by Crippen LogP contribution is -2.11. The number of thioether (sulfide) groups is 1. The highest BCUT2D eigenvalue weighted by Crippen LogP contribution is 2.17. The number of nitrogen functional groups attached to an aromatic ring is 1. The SMILES string of the molecule is CCOC(=O)c1nc(CC)n(CCSC)c1N. The highest BCUT2D eigenvalue weighted by molar-refractivity contribution is 7.98. The van der Waals surface area contributed by atoms with Crippen molar-refractivity contribution in [3.63, 3.8) is 0 Å². The lowest BCUT2D eigenvalue weighted by Gasteiger charge is -2.07. The van der Waals surface area contributed by atoms with E-state index in [4.69, 9.17) is 10.5 Å². The quantitative estimate of drug-likeness (QED) is 0.783. The van der Waals surface area contributed by atoms with Gasteiger partial charge in [0.25, 0.3) is 0 Å². The summed E-state index contributed by atoms with van der Waals surface area (Å²) in [5.41, 5.74) is 6.18. The molecule has 1 aromatic heterocycles.